The second kappa shape index (κ2) is 4.39. The van der Waals surface area contributed by atoms with E-state index in [1.165, 1.54) is 0 Å². The highest BCUT2D eigenvalue weighted by molar-refractivity contribution is 7.92. The lowest BCUT2D eigenvalue weighted by atomic mass is 9.97. The van der Waals surface area contributed by atoms with Crippen molar-refractivity contribution < 1.29 is 13.5 Å². The highest BCUT2D eigenvalue weighted by Crippen LogP contribution is 2.44. The van der Waals surface area contributed by atoms with Crippen LogP contribution >= 0.6 is 0 Å². The summed E-state index contributed by atoms with van der Waals surface area (Å²) in [6.07, 6.45) is 1.27. The first kappa shape index (κ1) is 12.9. The van der Waals surface area contributed by atoms with Crippen LogP contribution in [0.2, 0.25) is 0 Å². The summed E-state index contributed by atoms with van der Waals surface area (Å²) in [6, 6.07) is 0. The van der Waals surface area contributed by atoms with Gasteiger partial charge in [0.25, 0.3) is 0 Å². The van der Waals surface area contributed by atoms with Gasteiger partial charge in [-0.15, -0.1) is 0 Å². The molecule has 0 saturated heterocycles. The van der Waals surface area contributed by atoms with Crippen LogP contribution in [0, 0.1) is 11.8 Å². The predicted molar refractivity (Wildman–Crippen MR) is 60.2 cm³/mol. The molecule has 1 aliphatic carbocycles. The summed E-state index contributed by atoms with van der Waals surface area (Å²) in [5.41, 5.74) is 5.68. The zero-order chi connectivity index (χ0) is 11.7. The fraction of sp³-hybridized carbons (Fsp3) is 1.00. The molecule has 4 nitrogen and oxygen atoms in total. The third-order valence-corrected chi connectivity index (χ3v) is 6.56. The van der Waals surface area contributed by atoms with Crippen molar-refractivity contribution in [2.45, 2.75) is 31.4 Å². The SMILES string of the molecule is CCS(=O)(=O)[C@]1(CN)C[C@@H](CO)C[C@H]1C. The molecule has 0 aliphatic heterocycles. The summed E-state index contributed by atoms with van der Waals surface area (Å²) < 4.78 is 23.3. The van der Waals surface area contributed by atoms with E-state index in [1.54, 1.807) is 6.92 Å². The van der Waals surface area contributed by atoms with Gasteiger partial charge in [0.1, 0.15) is 0 Å². The van der Waals surface area contributed by atoms with Gasteiger partial charge in [-0.05, 0) is 24.7 Å². The van der Waals surface area contributed by atoms with Gasteiger partial charge in [0.2, 0.25) is 0 Å². The van der Waals surface area contributed by atoms with Gasteiger partial charge in [-0.1, -0.05) is 13.8 Å². The minimum Gasteiger partial charge on any atom is -0.396 e. The van der Waals surface area contributed by atoms with E-state index in [2.05, 4.69) is 0 Å². The van der Waals surface area contributed by atoms with Gasteiger partial charge in [-0.2, -0.15) is 0 Å². The molecule has 1 rings (SSSR count). The van der Waals surface area contributed by atoms with Crippen molar-refractivity contribution >= 4 is 9.84 Å². The largest absolute Gasteiger partial charge is 0.396 e. The number of rotatable bonds is 4. The Morgan fingerprint density at radius 1 is 1.53 bits per heavy atom. The molecule has 15 heavy (non-hydrogen) atoms. The first-order chi connectivity index (χ1) is 6.93. The second-order valence-corrected chi connectivity index (χ2v) is 7.18. The molecule has 0 aromatic rings. The third kappa shape index (κ3) is 1.92. The van der Waals surface area contributed by atoms with E-state index in [0.717, 1.165) is 6.42 Å². The van der Waals surface area contributed by atoms with Crippen molar-refractivity contribution in [2.24, 2.45) is 17.6 Å². The number of aliphatic hydroxyl groups excluding tert-OH is 1. The average molecular weight is 235 g/mol. The number of nitrogens with two attached hydrogens (primary N) is 1. The molecule has 0 spiro atoms. The van der Waals surface area contributed by atoms with Gasteiger partial charge in [-0.3, -0.25) is 0 Å². The highest BCUT2D eigenvalue weighted by atomic mass is 32.2. The van der Waals surface area contributed by atoms with Crippen molar-refractivity contribution in [1.82, 2.24) is 0 Å². The summed E-state index contributed by atoms with van der Waals surface area (Å²) in [5, 5.41) is 9.11. The molecule has 1 aliphatic rings. The molecule has 0 unspecified atom stereocenters. The normalized spacial score (nSPS) is 37.1. The van der Waals surface area contributed by atoms with Crippen molar-refractivity contribution in [3.05, 3.63) is 0 Å². The Bertz CT molecular complexity index is 315. The van der Waals surface area contributed by atoms with E-state index in [9.17, 15) is 8.42 Å². The molecular formula is C10H21NO3S. The molecule has 90 valence electrons. The van der Waals surface area contributed by atoms with Gasteiger partial charge in [0.05, 0.1) is 4.75 Å². The van der Waals surface area contributed by atoms with Crippen LogP contribution < -0.4 is 5.73 Å². The van der Waals surface area contributed by atoms with Crippen molar-refractivity contribution in [1.29, 1.82) is 0 Å². The van der Waals surface area contributed by atoms with Crippen LogP contribution in [0.1, 0.15) is 26.7 Å². The Morgan fingerprint density at radius 3 is 2.47 bits per heavy atom. The molecule has 1 fully saturated rings. The minimum absolute atomic E-state index is 0.0459. The van der Waals surface area contributed by atoms with Crippen LogP contribution in [-0.4, -0.2) is 37.2 Å². The zero-order valence-electron chi connectivity index (χ0n) is 9.44. The number of hydrogen-bond acceptors (Lipinski definition) is 4. The van der Waals surface area contributed by atoms with Crippen LogP contribution in [0.3, 0.4) is 0 Å². The van der Waals surface area contributed by atoms with Crippen molar-refractivity contribution in [3.8, 4) is 0 Å². The second-order valence-electron chi connectivity index (χ2n) is 4.56. The quantitative estimate of drug-likeness (QED) is 0.727. The summed E-state index contributed by atoms with van der Waals surface area (Å²) in [7, 11) is -3.14. The highest BCUT2D eigenvalue weighted by Gasteiger charge is 2.52. The van der Waals surface area contributed by atoms with E-state index in [4.69, 9.17) is 10.8 Å². The first-order valence-corrected chi connectivity index (χ1v) is 7.12. The molecule has 0 heterocycles. The maximum atomic E-state index is 12.1. The van der Waals surface area contributed by atoms with Gasteiger partial charge in [-0.25, -0.2) is 8.42 Å². The molecule has 3 N–H and O–H groups in total. The van der Waals surface area contributed by atoms with Crippen molar-refractivity contribution in [2.75, 3.05) is 18.9 Å². The Labute approximate surface area is 91.8 Å². The average Bonchev–Trinajstić information content (AvgIpc) is 2.56. The van der Waals surface area contributed by atoms with Crippen molar-refractivity contribution in [3.63, 3.8) is 0 Å². The van der Waals surface area contributed by atoms with Crippen LogP contribution in [0.15, 0.2) is 0 Å². The smallest absolute Gasteiger partial charge is 0.157 e. The van der Waals surface area contributed by atoms with Gasteiger partial charge >= 0.3 is 0 Å². The van der Waals surface area contributed by atoms with E-state index < -0.39 is 14.6 Å². The number of sulfone groups is 1. The molecular weight excluding hydrogens is 214 g/mol. The van der Waals surface area contributed by atoms with Gasteiger partial charge in [0.15, 0.2) is 9.84 Å². The van der Waals surface area contributed by atoms with Crippen LogP contribution in [0.25, 0.3) is 0 Å². The molecule has 0 aromatic carbocycles. The Morgan fingerprint density at radius 2 is 2.13 bits per heavy atom. The molecule has 0 radical (unpaired) electrons. The number of hydrogen-bond donors (Lipinski definition) is 2. The fourth-order valence-electron chi connectivity index (χ4n) is 2.76. The van der Waals surface area contributed by atoms with Crippen LogP contribution in [0.4, 0.5) is 0 Å². The standard InChI is InChI=1S/C10H21NO3S/c1-3-15(13,14)10(7-11)5-9(6-12)4-8(10)2/h8-9,12H,3-7,11H2,1-2H3/t8-,9+,10+/m1/s1. The molecule has 3 atom stereocenters. The minimum atomic E-state index is -3.14. The molecule has 0 amide bonds. The predicted octanol–water partition coefficient (Wildman–Crippen LogP) is 0.157. The maximum Gasteiger partial charge on any atom is 0.157 e. The topological polar surface area (TPSA) is 80.4 Å². The Hall–Kier alpha value is -0.130. The number of aliphatic hydroxyl groups is 1. The Kier molecular flexibility index (Phi) is 3.79. The Balaban J connectivity index is 3.06. The summed E-state index contributed by atoms with van der Waals surface area (Å²) in [5.74, 6) is 0.265. The van der Waals surface area contributed by atoms with E-state index in [-0.39, 0.29) is 30.7 Å². The molecule has 5 heteroatoms. The van der Waals surface area contributed by atoms with E-state index in [1.807, 2.05) is 6.92 Å². The molecule has 0 aromatic heterocycles. The maximum absolute atomic E-state index is 12.1. The zero-order valence-corrected chi connectivity index (χ0v) is 10.3. The summed E-state index contributed by atoms with van der Waals surface area (Å²) in [6.45, 7) is 3.81. The lowest BCUT2D eigenvalue weighted by Crippen LogP contribution is -2.48. The first-order valence-electron chi connectivity index (χ1n) is 5.46. The van der Waals surface area contributed by atoms with Crippen LogP contribution in [0.5, 0.6) is 0 Å². The lowest BCUT2D eigenvalue weighted by Gasteiger charge is -2.31. The molecule has 1 saturated carbocycles. The van der Waals surface area contributed by atoms with E-state index >= 15 is 0 Å². The monoisotopic (exact) mass is 235 g/mol. The lowest BCUT2D eigenvalue weighted by molar-refractivity contribution is 0.226. The third-order valence-electron chi connectivity index (χ3n) is 3.82. The fourth-order valence-corrected chi connectivity index (χ4v) is 4.79. The van der Waals surface area contributed by atoms with Gasteiger partial charge < -0.3 is 10.8 Å². The summed E-state index contributed by atoms with van der Waals surface area (Å²) in [4.78, 5) is 0. The molecule has 0 bridgehead atoms. The van der Waals surface area contributed by atoms with E-state index in [0.29, 0.717) is 6.42 Å². The van der Waals surface area contributed by atoms with Crippen LogP contribution in [-0.2, 0) is 9.84 Å². The van der Waals surface area contributed by atoms with Gasteiger partial charge in [0, 0.05) is 18.9 Å². The summed E-state index contributed by atoms with van der Waals surface area (Å²) >= 11 is 0.